The van der Waals surface area contributed by atoms with Crippen molar-refractivity contribution in [2.24, 2.45) is 0 Å². The molecule has 3 heterocycles. The summed E-state index contributed by atoms with van der Waals surface area (Å²) >= 11 is 0. The van der Waals surface area contributed by atoms with Gasteiger partial charge in [-0.3, -0.25) is 4.79 Å². The Morgan fingerprint density at radius 3 is 2.38 bits per heavy atom. The summed E-state index contributed by atoms with van der Waals surface area (Å²) in [7, 11) is -4.10. The summed E-state index contributed by atoms with van der Waals surface area (Å²) in [5, 5.41) is 0. The van der Waals surface area contributed by atoms with Gasteiger partial charge < -0.3 is 24.1 Å². The molecule has 2 saturated heterocycles. The third-order valence-corrected chi connectivity index (χ3v) is 6.74. The van der Waals surface area contributed by atoms with Gasteiger partial charge in [0.1, 0.15) is 10.5 Å². The fraction of sp³-hybridized carbons (Fsp3) is 0.667. The van der Waals surface area contributed by atoms with Crippen LogP contribution in [0.25, 0.3) is 0 Å². The van der Waals surface area contributed by atoms with E-state index in [1.807, 2.05) is 0 Å². The molecule has 29 heavy (non-hydrogen) atoms. The van der Waals surface area contributed by atoms with E-state index in [0.717, 1.165) is 0 Å². The molecule has 0 unspecified atom stereocenters. The van der Waals surface area contributed by atoms with Crippen LogP contribution < -0.4 is 4.72 Å². The average molecular weight is 429 g/mol. The molecule has 162 valence electrons. The maximum atomic E-state index is 12.8. The molecular weight excluding hydrogens is 402 g/mol. The zero-order valence-corrected chi connectivity index (χ0v) is 17.7. The zero-order chi connectivity index (χ0) is 21.2. The number of rotatable bonds is 6. The van der Waals surface area contributed by atoms with Crippen molar-refractivity contribution in [2.45, 2.75) is 44.3 Å². The van der Waals surface area contributed by atoms with E-state index in [1.165, 1.54) is 0 Å². The topological polar surface area (TPSA) is 127 Å². The summed E-state index contributed by atoms with van der Waals surface area (Å²) in [6, 6.07) is 0. The van der Waals surface area contributed by atoms with Crippen molar-refractivity contribution in [3.05, 3.63) is 17.0 Å². The first-order chi connectivity index (χ1) is 13.7. The van der Waals surface area contributed by atoms with Crippen LogP contribution in [0.1, 0.15) is 41.5 Å². The molecule has 3 rings (SSSR count). The van der Waals surface area contributed by atoms with E-state index < -0.39 is 28.3 Å². The highest BCUT2D eigenvalue weighted by Gasteiger charge is 2.41. The summed E-state index contributed by atoms with van der Waals surface area (Å²) in [4.78, 5) is 29.0. The van der Waals surface area contributed by atoms with E-state index in [0.29, 0.717) is 50.5 Å². The van der Waals surface area contributed by atoms with E-state index in [2.05, 4.69) is 9.71 Å². The molecule has 1 spiro atoms. The fourth-order valence-electron chi connectivity index (χ4n) is 3.77. The van der Waals surface area contributed by atoms with Gasteiger partial charge >= 0.3 is 5.97 Å². The number of amides is 1. The van der Waals surface area contributed by atoms with Crippen LogP contribution in [-0.2, 0) is 29.0 Å². The van der Waals surface area contributed by atoms with Crippen molar-refractivity contribution in [1.29, 1.82) is 0 Å². The number of ether oxygens (including phenoxy) is 3. The van der Waals surface area contributed by atoms with Gasteiger partial charge in [-0.2, -0.15) is 0 Å². The summed E-state index contributed by atoms with van der Waals surface area (Å²) in [5.41, 5.74) is 0.659. The van der Waals surface area contributed by atoms with Crippen molar-refractivity contribution >= 4 is 21.9 Å². The number of sulfonamides is 1. The number of piperidine rings is 1. The molecule has 1 aromatic rings. The predicted molar refractivity (Wildman–Crippen MR) is 102 cm³/mol. The molecule has 0 aromatic carbocycles. The largest absolute Gasteiger partial charge is 0.462 e. The molecule has 2 aliphatic heterocycles. The summed E-state index contributed by atoms with van der Waals surface area (Å²) in [6.45, 7) is 6.47. The molecule has 0 saturated carbocycles. The first kappa shape index (κ1) is 21.8. The van der Waals surface area contributed by atoms with Gasteiger partial charge in [0, 0.05) is 37.3 Å². The Hall–Kier alpha value is -1.95. The number of aromatic amines is 1. The minimum absolute atomic E-state index is 0.0419. The second-order valence-corrected chi connectivity index (χ2v) is 8.82. The number of likely N-dealkylation sites (tertiary alicyclic amines) is 1. The summed E-state index contributed by atoms with van der Waals surface area (Å²) in [6.07, 6.45) is 1.10. The van der Waals surface area contributed by atoms with Crippen molar-refractivity contribution < 1.29 is 32.2 Å². The monoisotopic (exact) mass is 429 g/mol. The predicted octanol–water partition coefficient (Wildman–Crippen LogP) is 0.452. The van der Waals surface area contributed by atoms with Crippen molar-refractivity contribution in [3.8, 4) is 0 Å². The Kier molecular flexibility index (Phi) is 6.32. The number of aryl methyl sites for hydroxylation is 2. The van der Waals surface area contributed by atoms with Crippen molar-refractivity contribution in [3.63, 3.8) is 0 Å². The lowest BCUT2D eigenvalue weighted by Crippen LogP contribution is -2.49. The van der Waals surface area contributed by atoms with Gasteiger partial charge in [-0.05, 0) is 20.8 Å². The third-order valence-electron chi connectivity index (χ3n) is 5.17. The number of esters is 1. The lowest BCUT2D eigenvalue weighted by atomic mass is 10.0. The van der Waals surface area contributed by atoms with E-state index >= 15 is 0 Å². The molecule has 0 bridgehead atoms. The average Bonchev–Trinajstić information content (AvgIpc) is 3.24. The fourth-order valence-corrected chi connectivity index (χ4v) is 5.18. The molecule has 0 radical (unpaired) electrons. The maximum absolute atomic E-state index is 12.8. The number of carbonyl (C=O) groups is 2. The van der Waals surface area contributed by atoms with Gasteiger partial charge in [0.2, 0.25) is 15.9 Å². The van der Waals surface area contributed by atoms with Crippen molar-refractivity contribution in [1.82, 2.24) is 14.6 Å². The molecule has 2 fully saturated rings. The highest BCUT2D eigenvalue weighted by Crippen LogP contribution is 2.31. The van der Waals surface area contributed by atoms with Gasteiger partial charge in [-0.25, -0.2) is 17.9 Å². The van der Waals surface area contributed by atoms with Crippen LogP contribution in [0.4, 0.5) is 0 Å². The smallest absolute Gasteiger partial charge is 0.341 e. The molecule has 0 aliphatic carbocycles. The molecule has 2 N–H and O–H groups in total. The summed E-state index contributed by atoms with van der Waals surface area (Å²) < 4.78 is 44.2. The first-order valence-corrected chi connectivity index (χ1v) is 11.1. The SMILES string of the molecule is CCOC(=O)c1c(C)[nH]c(C)c1S(=O)(=O)NCC(=O)N1CCC2(CC1)OCCO2. The Balaban J connectivity index is 1.66. The number of carbonyl (C=O) groups excluding carboxylic acids is 2. The minimum atomic E-state index is -4.10. The first-order valence-electron chi connectivity index (χ1n) is 9.61. The highest BCUT2D eigenvalue weighted by atomic mass is 32.2. The van der Waals surface area contributed by atoms with E-state index in [9.17, 15) is 18.0 Å². The van der Waals surface area contributed by atoms with Crippen LogP contribution in [0.2, 0.25) is 0 Å². The van der Waals surface area contributed by atoms with Crippen LogP contribution in [0.15, 0.2) is 4.90 Å². The number of aromatic nitrogens is 1. The highest BCUT2D eigenvalue weighted by molar-refractivity contribution is 7.89. The Morgan fingerprint density at radius 1 is 1.17 bits per heavy atom. The van der Waals surface area contributed by atoms with Gasteiger partial charge in [0.15, 0.2) is 5.79 Å². The second-order valence-electron chi connectivity index (χ2n) is 7.11. The second kappa shape index (κ2) is 8.42. The number of hydrogen-bond donors (Lipinski definition) is 2. The number of hydrogen-bond acceptors (Lipinski definition) is 7. The number of nitrogens with zero attached hydrogens (tertiary/aromatic N) is 1. The Morgan fingerprint density at radius 2 is 1.79 bits per heavy atom. The van der Waals surface area contributed by atoms with Gasteiger partial charge in [0.25, 0.3) is 0 Å². The molecule has 11 heteroatoms. The Labute approximate surface area is 169 Å². The normalized spacial score (nSPS) is 18.9. The molecule has 1 aromatic heterocycles. The molecule has 10 nitrogen and oxygen atoms in total. The molecular formula is C18H27N3O7S. The lowest BCUT2D eigenvalue weighted by Gasteiger charge is -2.37. The van der Waals surface area contributed by atoms with Crippen LogP contribution in [0.3, 0.4) is 0 Å². The summed E-state index contributed by atoms with van der Waals surface area (Å²) in [5.74, 6) is -1.67. The quantitative estimate of drug-likeness (QED) is 0.629. The van der Waals surface area contributed by atoms with Gasteiger partial charge in [-0.1, -0.05) is 0 Å². The zero-order valence-electron chi connectivity index (χ0n) is 16.9. The minimum Gasteiger partial charge on any atom is -0.462 e. The number of nitrogens with one attached hydrogen (secondary N) is 2. The van der Waals surface area contributed by atoms with E-state index in [4.69, 9.17) is 14.2 Å². The van der Waals surface area contributed by atoms with Crippen LogP contribution >= 0.6 is 0 Å². The van der Waals surface area contributed by atoms with Gasteiger partial charge in [-0.15, -0.1) is 0 Å². The molecule has 0 atom stereocenters. The van der Waals surface area contributed by atoms with Crippen LogP contribution in [0, 0.1) is 13.8 Å². The standard InChI is InChI=1S/C18H27N3O7S/c1-4-26-17(23)15-12(2)20-13(3)16(15)29(24,25)19-11-14(22)21-7-5-18(6-8-21)27-9-10-28-18/h19-20H,4-11H2,1-3H3. The molecule has 1 amide bonds. The third kappa shape index (κ3) is 4.47. The van der Waals surface area contributed by atoms with Crippen molar-refractivity contribution in [2.75, 3.05) is 39.5 Å². The Bertz CT molecular complexity index is 878. The lowest BCUT2D eigenvalue weighted by molar-refractivity contribution is -0.187. The van der Waals surface area contributed by atoms with Crippen LogP contribution in [0.5, 0.6) is 0 Å². The maximum Gasteiger partial charge on any atom is 0.341 e. The van der Waals surface area contributed by atoms with Crippen LogP contribution in [-0.4, -0.2) is 75.4 Å². The van der Waals surface area contributed by atoms with Gasteiger partial charge in [0.05, 0.1) is 26.4 Å². The van der Waals surface area contributed by atoms with E-state index in [1.54, 1.807) is 25.7 Å². The number of H-pyrrole nitrogens is 1. The molecule has 2 aliphatic rings. The van der Waals surface area contributed by atoms with E-state index in [-0.39, 0.29) is 23.0 Å².